The Balaban J connectivity index is 3.25. The molecule has 0 saturated heterocycles. The van der Waals surface area contributed by atoms with Crippen molar-refractivity contribution in [1.82, 2.24) is 0 Å². The van der Waals surface area contributed by atoms with Crippen LogP contribution in [0.25, 0.3) is 0 Å². The van der Waals surface area contributed by atoms with E-state index in [2.05, 4.69) is 5.16 Å². The number of anilines is 1. The minimum Gasteiger partial charge on any atom is -0.409 e. The molecule has 0 radical (unpaired) electrons. The minimum atomic E-state index is -4.32. The first-order chi connectivity index (χ1) is 8.78. The average Bonchev–Trinajstić information content (AvgIpc) is 2.33. The normalized spacial score (nSPS) is 12.6. The lowest BCUT2D eigenvalue weighted by atomic mass is 10.1. The van der Waals surface area contributed by atoms with Crippen LogP contribution in [0.3, 0.4) is 0 Å². The van der Waals surface area contributed by atoms with Crippen molar-refractivity contribution >= 4 is 11.5 Å². The molecular weight excluding hydrogens is 259 g/mol. The highest BCUT2D eigenvalue weighted by Crippen LogP contribution is 2.26. The van der Waals surface area contributed by atoms with E-state index in [9.17, 15) is 13.2 Å². The monoisotopic (exact) mass is 275 g/mol. The van der Waals surface area contributed by atoms with Crippen LogP contribution in [0.1, 0.15) is 18.1 Å². The molecule has 0 aliphatic heterocycles. The molecule has 0 spiro atoms. The summed E-state index contributed by atoms with van der Waals surface area (Å²) < 4.78 is 37.6. The number of nitrogens with two attached hydrogens (primary N) is 1. The molecular formula is C12H16F3N3O. The van der Waals surface area contributed by atoms with Crippen molar-refractivity contribution in [3.63, 3.8) is 0 Å². The Bertz CT molecular complexity index is 472. The van der Waals surface area contributed by atoms with Gasteiger partial charge in [-0.2, -0.15) is 13.2 Å². The molecule has 106 valence electrons. The van der Waals surface area contributed by atoms with E-state index in [1.165, 1.54) is 0 Å². The first-order valence-electron chi connectivity index (χ1n) is 5.68. The maximum Gasteiger partial charge on any atom is 0.405 e. The predicted molar refractivity (Wildman–Crippen MR) is 67.6 cm³/mol. The Morgan fingerprint density at radius 1 is 1.42 bits per heavy atom. The third kappa shape index (κ3) is 4.04. The van der Waals surface area contributed by atoms with Gasteiger partial charge in [-0.3, -0.25) is 0 Å². The van der Waals surface area contributed by atoms with Crippen molar-refractivity contribution in [2.24, 2.45) is 10.9 Å². The number of hydrogen-bond acceptors (Lipinski definition) is 3. The van der Waals surface area contributed by atoms with Gasteiger partial charge in [0.25, 0.3) is 0 Å². The van der Waals surface area contributed by atoms with Gasteiger partial charge in [-0.05, 0) is 31.5 Å². The first kappa shape index (κ1) is 15.1. The lowest BCUT2D eigenvalue weighted by molar-refractivity contribution is -0.119. The first-order valence-corrected chi connectivity index (χ1v) is 5.68. The van der Waals surface area contributed by atoms with Crippen molar-refractivity contribution in [3.05, 3.63) is 29.3 Å². The summed E-state index contributed by atoms with van der Waals surface area (Å²) in [6.45, 7) is 2.46. The zero-order valence-electron chi connectivity index (χ0n) is 10.7. The summed E-state index contributed by atoms with van der Waals surface area (Å²) >= 11 is 0. The number of benzene rings is 1. The average molecular weight is 275 g/mol. The quantitative estimate of drug-likeness (QED) is 0.384. The molecule has 19 heavy (non-hydrogen) atoms. The Morgan fingerprint density at radius 3 is 2.53 bits per heavy atom. The lowest BCUT2D eigenvalue weighted by Crippen LogP contribution is -2.35. The number of hydrogen-bond donors (Lipinski definition) is 2. The number of aryl methyl sites for hydroxylation is 1. The highest BCUT2D eigenvalue weighted by atomic mass is 19.4. The molecule has 0 unspecified atom stereocenters. The van der Waals surface area contributed by atoms with E-state index in [1.807, 2.05) is 0 Å². The lowest BCUT2D eigenvalue weighted by Gasteiger charge is -2.26. The van der Waals surface area contributed by atoms with E-state index in [1.54, 1.807) is 32.0 Å². The Morgan fingerprint density at radius 2 is 2.05 bits per heavy atom. The van der Waals surface area contributed by atoms with Crippen LogP contribution in [0.5, 0.6) is 0 Å². The fraction of sp³-hybridized carbons (Fsp3) is 0.417. The van der Waals surface area contributed by atoms with Crippen LogP contribution < -0.4 is 10.6 Å². The van der Waals surface area contributed by atoms with Gasteiger partial charge in [0.15, 0.2) is 5.84 Å². The van der Waals surface area contributed by atoms with Gasteiger partial charge >= 0.3 is 6.18 Å². The van der Waals surface area contributed by atoms with Crippen molar-refractivity contribution in [3.8, 4) is 0 Å². The molecule has 0 saturated carbocycles. The van der Waals surface area contributed by atoms with Crippen LogP contribution in [0, 0.1) is 6.92 Å². The molecule has 0 heterocycles. The maximum absolute atomic E-state index is 12.5. The third-order valence-corrected chi connectivity index (χ3v) is 2.63. The molecule has 0 fully saturated rings. The van der Waals surface area contributed by atoms with Gasteiger partial charge in [-0.1, -0.05) is 11.2 Å². The highest BCUT2D eigenvalue weighted by molar-refractivity contribution is 6.02. The maximum atomic E-state index is 12.5. The summed E-state index contributed by atoms with van der Waals surface area (Å²) in [6, 6.07) is 4.82. The third-order valence-electron chi connectivity index (χ3n) is 2.63. The molecule has 0 amide bonds. The zero-order valence-corrected chi connectivity index (χ0v) is 10.7. The topological polar surface area (TPSA) is 61.8 Å². The van der Waals surface area contributed by atoms with E-state index >= 15 is 0 Å². The summed E-state index contributed by atoms with van der Waals surface area (Å²) in [5, 5.41) is 11.5. The van der Waals surface area contributed by atoms with Crippen molar-refractivity contribution in [2.75, 3.05) is 18.0 Å². The van der Waals surface area contributed by atoms with Crippen molar-refractivity contribution < 1.29 is 18.4 Å². The summed E-state index contributed by atoms with van der Waals surface area (Å²) in [6.07, 6.45) is -4.32. The number of halogens is 3. The number of nitrogens with zero attached hydrogens (tertiary/aromatic N) is 2. The second-order valence-electron chi connectivity index (χ2n) is 4.14. The summed E-state index contributed by atoms with van der Waals surface area (Å²) in [4.78, 5) is 1.14. The minimum absolute atomic E-state index is 0.161. The van der Waals surface area contributed by atoms with Gasteiger partial charge in [0.1, 0.15) is 6.54 Å². The van der Waals surface area contributed by atoms with E-state index < -0.39 is 12.7 Å². The molecule has 0 atom stereocenters. The van der Waals surface area contributed by atoms with Crippen LogP contribution in [-0.4, -0.2) is 30.3 Å². The van der Waals surface area contributed by atoms with Crippen LogP contribution in [0.2, 0.25) is 0 Å². The molecule has 7 heteroatoms. The van der Waals surface area contributed by atoms with Crippen LogP contribution in [0.4, 0.5) is 18.9 Å². The molecule has 4 nitrogen and oxygen atoms in total. The van der Waals surface area contributed by atoms with E-state index in [0.717, 1.165) is 10.5 Å². The van der Waals surface area contributed by atoms with Crippen molar-refractivity contribution in [2.45, 2.75) is 20.0 Å². The van der Waals surface area contributed by atoms with Crippen LogP contribution in [0.15, 0.2) is 23.4 Å². The second kappa shape index (κ2) is 5.81. The number of amidine groups is 1. The van der Waals surface area contributed by atoms with Gasteiger partial charge in [-0.15, -0.1) is 0 Å². The van der Waals surface area contributed by atoms with Crippen LogP contribution in [-0.2, 0) is 0 Å². The smallest absolute Gasteiger partial charge is 0.405 e. The Hall–Kier alpha value is -1.92. The standard InChI is InChI=1S/C12H16F3N3O/c1-3-18(7-12(13,14)15)10-6-8(2)4-5-9(10)11(16)17-19/h4-6,19H,3,7H2,1-2H3,(H2,16,17). The van der Waals surface area contributed by atoms with Gasteiger partial charge in [0.2, 0.25) is 0 Å². The summed E-state index contributed by atoms with van der Waals surface area (Å²) in [5.74, 6) is -0.212. The van der Waals surface area contributed by atoms with Gasteiger partial charge in [0.05, 0.1) is 0 Å². The fourth-order valence-corrected chi connectivity index (χ4v) is 1.76. The molecule has 0 aromatic heterocycles. The largest absolute Gasteiger partial charge is 0.409 e. The van der Waals surface area contributed by atoms with E-state index in [-0.39, 0.29) is 17.9 Å². The molecule has 0 bridgehead atoms. The SMILES string of the molecule is CCN(CC(F)(F)F)c1cc(C)ccc1C(N)=NO. The molecule has 0 aliphatic carbocycles. The summed E-state index contributed by atoms with van der Waals surface area (Å²) in [5.41, 5.74) is 6.87. The summed E-state index contributed by atoms with van der Waals surface area (Å²) in [7, 11) is 0. The van der Waals surface area contributed by atoms with Gasteiger partial charge in [-0.25, -0.2) is 0 Å². The van der Waals surface area contributed by atoms with Gasteiger partial charge in [0, 0.05) is 17.8 Å². The Labute approximate surface area is 109 Å². The van der Waals surface area contributed by atoms with Crippen molar-refractivity contribution in [1.29, 1.82) is 0 Å². The number of rotatable bonds is 4. The molecule has 0 aliphatic rings. The van der Waals surface area contributed by atoms with E-state index in [4.69, 9.17) is 10.9 Å². The fourth-order valence-electron chi connectivity index (χ4n) is 1.76. The zero-order chi connectivity index (χ0) is 14.6. The van der Waals surface area contributed by atoms with E-state index in [0.29, 0.717) is 5.69 Å². The van der Waals surface area contributed by atoms with Crippen LogP contribution >= 0.6 is 0 Å². The second-order valence-corrected chi connectivity index (χ2v) is 4.14. The number of oxime groups is 1. The molecule has 1 rings (SSSR count). The molecule has 1 aromatic rings. The van der Waals surface area contributed by atoms with Gasteiger partial charge < -0.3 is 15.8 Å². The number of alkyl halides is 3. The molecule has 1 aromatic carbocycles. The Kier molecular flexibility index (Phi) is 4.63. The predicted octanol–water partition coefficient (Wildman–Crippen LogP) is 2.48. The molecule has 3 N–H and O–H groups in total. The highest BCUT2D eigenvalue weighted by Gasteiger charge is 2.31.